The summed E-state index contributed by atoms with van der Waals surface area (Å²) in [5, 5.41) is 24.2. The lowest BCUT2D eigenvalue weighted by Crippen LogP contribution is -2.48. The Morgan fingerprint density at radius 1 is 1.32 bits per heavy atom. The van der Waals surface area contributed by atoms with E-state index >= 15 is 0 Å². The standard InChI is InChI=1S/C25H32N3O11P/c1-6-25(33)20(30)18(38-22(25)28-13-12-19(29)26-23(28)32)14-37-40(34,39-17-10-8-7-9-11-17)27-16(2)21(31)36-15-24(3,4)35-5/h1,7-13,16,18,20,22,30,33H,14-15H2,2-5H3,(H,27,34)(H,26,29,32). The minimum absolute atomic E-state index is 0.0860. The van der Waals surface area contributed by atoms with Gasteiger partial charge in [0.05, 0.1) is 12.2 Å². The molecule has 2 aromatic rings. The van der Waals surface area contributed by atoms with Crippen LogP contribution in [0.5, 0.6) is 5.75 Å². The number of para-hydroxylation sites is 1. The molecule has 1 aliphatic heterocycles. The number of carbonyl (C=O) groups is 1. The summed E-state index contributed by atoms with van der Waals surface area (Å²) in [4.78, 5) is 38.3. The Labute approximate surface area is 229 Å². The van der Waals surface area contributed by atoms with E-state index in [-0.39, 0.29) is 12.4 Å². The van der Waals surface area contributed by atoms with Crippen molar-refractivity contribution in [3.05, 3.63) is 63.4 Å². The first-order valence-corrected chi connectivity index (χ1v) is 13.6. The topological polar surface area (TPSA) is 188 Å². The number of H-pyrrole nitrogens is 1. The van der Waals surface area contributed by atoms with Crippen molar-refractivity contribution in [1.82, 2.24) is 14.6 Å². The van der Waals surface area contributed by atoms with Crippen molar-refractivity contribution in [2.45, 2.75) is 56.5 Å². The molecule has 14 nitrogen and oxygen atoms in total. The highest BCUT2D eigenvalue weighted by atomic mass is 31.2. The van der Waals surface area contributed by atoms with E-state index in [1.54, 1.807) is 32.0 Å². The number of nitrogens with one attached hydrogen (secondary N) is 2. The molecule has 1 fully saturated rings. The number of esters is 1. The average molecular weight is 582 g/mol. The summed E-state index contributed by atoms with van der Waals surface area (Å²) in [6.07, 6.45) is 1.61. The molecule has 15 heteroatoms. The first kappa shape index (κ1) is 31.3. The normalized spacial score (nSPS) is 25.0. The van der Waals surface area contributed by atoms with Gasteiger partial charge in [0.25, 0.3) is 5.56 Å². The van der Waals surface area contributed by atoms with E-state index in [0.29, 0.717) is 0 Å². The third kappa shape index (κ3) is 7.26. The highest BCUT2D eigenvalue weighted by Crippen LogP contribution is 2.46. The van der Waals surface area contributed by atoms with Crippen LogP contribution in [0.15, 0.2) is 52.2 Å². The smallest absolute Gasteiger partial charge is 0.459 e. The van der Waals surface area contributed by atoms with Crippen molar-refractivity contribution in [3.8, 4) is 18.1 Å². The Kier molecular flexibility index (Phi) is 9.76. The Morgan fingerprint density at radius 3 is 2.60 bits per heavy atom. The molecule has 218 valence electrons. The molecule has 0 aliphatic carbocycles. The van der Waals surface area contributed by atoms with Crippen LogP contribution in [0.3, 0.4) is 0 Å². The van der Waals surface area contributed by atoms with Crippen LogP contribution < -0.4 is 20.9 Å². The largest absolute Gasteiger partial charge is 0.461 e. The van der Waals surface area contributed by atoms with Gasteiger partial charge in [-0.1, -0.05) is 24.1 Å². The maximum atomic E-state index is 13.8. The van der Waals surface area contributed by atoms with Crippen molar-refractivity contribution in [3.63, 3.8) is 0 Å². The minimum Gasteiger partial charge on any atom is -0.461 e. The number of aromatic amines is 1. The predicted molar refractivity (Wildman–Crippen MR) is 140 cm³/mol. The molecule has 0 radical (unpaired) electrons. The molecule has 0 spiro atoms. The lowest BCUT2D eigenvalue weighted by atomic mass is 9.95. The summed E-state index contributed by atoms with van der Waals surface area (Å²) in [6.45, 7) is 4.04. The zero-order valence-corrected chi connectivity index (χ0v) is 23.2. The third-order valence-corrected chi connectivity index (χ3v) is 7.66. The van der Waals surface area contributed by atoms with Gasteiger partial charge < -0.3 is 28.9 Å². The van der Waals surface area contributed by atoms with Crippen LogP contribution in [0.1, 0.15) is 27.0 Å². The predicted octanol–water partition coefficient (Wildman–Crippen LogP) is 0.309. The zero-order chi connectivity index (χ0) is 29.7. The Bertz CT molecular complexity index is 1390. The molecular formula is C25H32N3O11P. The van der Waals surface area contributed by atoms with E-state index in [1.807, 2.05) is 10.9 Å². The molecule has 1 saturated heterocycles. The molecule has 1 aliphatic rings. The second-order valence-corrected chi connectivity index (χ2v) is 11.3. The minimum atomic E-state index is -4.38. The van der Waals surface area contributed by atoms with Crippen LogP contribution in [-0.2, 0) is 28.1 Å². The monoisotopic (exact) mass is 581 g/mol. The zero-order valence-electron chi connectivity index (χ0n) is 22.3. The van der Waals surface area contributed by atoms with Crippen LogP contribution in [0.25, 0.3) is 0 Å². The number of nitrogens with zero attached hydrogens (tertiary/aromatic N) is 1. The number of aliphatic hydroxyl groups excluding tert-OH is 1. The lowest BCUT2D eigenvalue weighted by molar-refractivity contribution is -0.153. The van der Waals surface area contributed by atoms with Gasteiger partial charge in [-0.15, -0.1) is 6.42 Å². The van der Waals surface area contributed by atoms with Gasteiger partial charge in [0.2, 0.25) is 0 Å². The molecular weight excluding hydrogens is 549 g/mol. The molecule has 2 heterocycles. The van der Waals surface area contributed by atoms with Gasteiger partial charge in [0.1, 0.15) is 30.6 Å². The van der Waals surface area contributed by atoms with Crippen molar-refractivity contribution in [1.29, 1.82) is 0 Å². The summed E-state index contributed by atoms with van der Waals surface area (Å²) in [7, 11) is -2.92. The van der Waals surface area contributed by atoms with E-state index in [1.165, 1.54) is 26.2 Å². The number of ether oxygens (including phenoxy) is 3. The number of aliphatic hydroxyl groups is 2. The number of rotatable bonds is 12. The molecule has 0 bridgehead atoms. The lowest BCUT2D eigenvalue weighted by Gasteiger charge is -2.27. The first-order valence-electron chi connectivity index (χ1n) is 12.1. The number of terminal acetylenes is 1. The molecule has 6 atom stereocenters. The van der Waals surface area contributed by atoms with Crippen LogP contribution in [0.2, 0.25) is 0 Å². The Morgan fingerprint density at radius 2 is 2.00 bits per heavy atom. The summed E-state index contributed by atoms with van der Waals surface area (Å²) in [5.41, 5.74) is -4.85. The third-order valence-electron chi connectivity index (χ3n) is 6.02. The summed E-state index contributed by atoms with van der Waals surface area (Å²) in [6, 6.07) is 7.74. The van der Waals surface area contributed by atoms with Crippen molar-refractivity contribution >= 4 is 13.7 Å². The molecule has 6 unspecified atom stereocenters. The van der Waals surface area contributed by atoms with E-state index in [4.69, 9.17) is 29.7 Å². The summed E-state index contributed by atoms with van der Waals surface area (Å²) < 4.78 is 41.7. The fraction of sp³-hybridized carbons (Fsp3) is 0.480. The second-order valence-electron chi connectivity index (χ2n) is 9.58. The maximum absolute atomic E-state index is 13.8. The van der Waals surface area contributed by atoms with Gasteiger partial charge in [0.15, 0.2) is 11.8 Å². The summed E-state index contributed by atoms with van der Waals surface area (Å²) >= 11 is 0. The molecule has 1 aromatic heterocycles. The van der Waals surface area contributed by atoms with E-state index < -0.39 is 67.3 Å². The molecule has 0 amide bonds. The van der Waals surface area contributed by atoms with Crippen molar-refractivity contribution < 1.29 is 42.8 Å². The summed E-state index contributed by atoms with van der Waals surface area (Å²) in [5.74, 6) is 1.37. The molecule has 0 saturated carbocycles. The van der Waals surface area contributed by atoms with E-state index in [9.17, 15) is 29.2 Å². The number of carbonyl (C=O) groups excluding carboxylic acids is 1. The highest BCUT2D eigenvalue weighted by molar-refractivity contribution is 7.52. The number of aromatic nitrogens is 2. The number of hydrogen-bond donors (Lipinski definition) is 4. The Balaban J connectivity index is 1.80. The Hall–Kier alpha value is -3.28. The fourth-order valence-corrected chi connectivity index (χ4v) is 5.05. The van der Waals surface area contributed by atoms with Crippen molar-refractivity contribution in [2.75, 3.05) is 20.3 Å². The average Bonchev–Trinajstić information content (AvgIpc) is 3.16. The molecule has 3 rings (SSSR count). The van der Waals surface area contributed by atoms with Crippen molar-refractivity contribution in [2.24, 2.45) is 0 Å². The number of methoxy groups -OCH3 is 1. The molecule has 1 aromatic carbocycles. The molecule has 4 N–H and O–H groups in total. The van der Waals surface area contributed by atoms with Gasteiger partial charge in [0, 0.05) is 19.4 Å². The molecule has 40 heavy (non-hydrogen) atoms. The fourth-order valence-electron chi connectivity index (χ4n) is 3.55. The second kappa shape index (κ2) is 12.5. The first-order chi connectivity index (χ1) is 18.7. The van der Waals surface area contributed by atoms with E-state index in [0.717, 1.165) is 16.8 Å². The van der Waals surface area contributed by atoms with Gasteiger partial charge in [-0.3, -0.25) is 23.7 Å². The van der Waals surface area contributed by atoms with Gasteiger partial charge >= 0.3 is 19.4 Å². The van der Waals surface area contributed by atoms with Crippen LogP contribution in [0.4, 0.5) is 0 Å². The maximum Gasteiger partial charge on any atom is 0.459 e. The van der Waals surface area contributed by atoms with Gasteiger partial charge in [-0.2, -0.15) is 5.09 Å². The number of benzene rings is 1. The van der Waals surface area contributed by atoms with E-state index in [2.05, 4.69) is 5.09 Å². The van der Waals surface area contributed by atoms with Crippen LogP contribution >= 0.6 is 7.75 Å². The quantitative estimate of drug-likeness (QED) is 0.153. The highest BCUT2D eigenvalue weighted by Gasteiger charge is 2.56. The van der Waals surface area contributed by atoms with Crippen LogP contribution in [-0.4, -0.2) is 75.5 Å². The van der Waals surface area contributed by atoms with Gasteiger partial charge in [-0.05, 0) is 32.9 Å². The van der Waals surface area contributed by atoms with Crippen LogP contribution in [0, 0.1) is 12.3 Å². The van der Waals surface area contributed by atoms with Gasteiger partial charge in [-0.25, -0.2) is 9.36 Å². The SMILES string of the molecule is C#CC1(O)C(O)C(COP(=O)(NC(C)C(=O)OCC(C)(C)OC)Oc2ccccc2)OC1n1ccc(=O)[nH]c1=O. The number of hydrogen-bond acceptors (Lipinski definition) is 11.